The molecular weight excluding hydrogens is 215 g/mol. The number of fused-ring (bicyclic) bond motifs is 1. The van der Waals surface area contributed by atoms with E-state index in [2.05, 4.69) is 5.32 Å². The Labute approximate surface area is 92.7 Å². The summed E-state index contributed by atoms with van der Waals surface area (Å²) in [6.07, 6.45) is 0. The molecule has 4 heteroatoms. The molecule has 2 aliphatic rings. The lowest BCUT2D eigenvalue weighted by Gasteiger charge is -1.96. The third-order valence-corrected chi connectivity index (χ3v) is 3.27. The van der Waals surface area contributed by atoms with Crippen molar-refractivity contribution in [1.82, 2.24) is 5.32 Å². The minimum Gasteiger partial charge on any atom is -0.316 e. The predicted octanol–water partition coefficient (Wildman–Crippen LogP) is 2.39. The van der Waals surface area contributed by atoms with Crippen LogP contribution in [-0.4, -0.2) is 19.8 Å². The van der Waals surface area contributed by atoms with Crippen LogP contribution in [0.25, 0.3) is 0 Å². The maximum absolute atomic E-state index is 11.9. The van der Waals surface area contributed by atoms with Crippen LogP contribution >= 0.6 is 0 Å². The van der Waals surface area contributed by atoms with Crippen LogP contribution in [-0.2, 0) is 0 Å². The maximum Gasteiger partial charge on any atom is 0.158 e. The molecule has 1 saturated carbocycles. The van der Waals surface area contributed by atoms with Gasteiger partial charge in [0.25, 0.3) is 0 Å². The van der Waals surface area contributed by atoms with Crippen molar-refractivity contribution in [3.63, 3.8) is 0 Å². The van der Waals surface area contributed by atoms with Crippen molar-refractivity contribution < 1.29 is 13.2 Å². The third kappa shape index (κ3) is 2.38. The zero-order valence-electron chi connectivity index (χ0n) is 8.80. The zero-order valence-corrected chi connectivity index (χ0v) is 8.80. The van der Waals surface area contributed by atoms with Gasteiger partial charge in [-0.2, -0.15) is 0 Å². The third-order valence-electron chi connectivity index (χ3n) is 3.27. The van der Waals surface area contributed by atoms with Gasteiger partial charge in [-0.3, -0.25) is 4.39 Å². The molecular formula is C12H14F3N. The number of nitrogens with one attached hydrogen (secondary N) is 1. The summed E-state index contributed by atoms with van der Waals surface area (Å²) < 4.78 is 35.8. The highest BCUT2D eigenvalue weighted by Crippen LogP contribution is 2.48. The minimum atomic E-state index is -0.799. The first-order valence-corrected chi connectivity index (χ1v) is 5.40. The van der Waals surface area contributed by atoms with Crippen LogP contribution in [0.15, 0.2) is 24.3 Å². The van der Waals surface area contributed by atoms with Crippen LogP contribution < -0.4 is 5.32 Å². The van der Waals surface area contributed by atoms with Crippen LogP contribution in [0.5, 0.6) is 0 Å². The van der Waals surface area contributed by atoms with Gasteiger partial charge in [-0.1, -0.05) is 12.1 Å². The first kappa shape index (κ1) is 11.5. The largest absolute Gasteiger partial charge is 0.316 e. The van der Waals surface area contributed by atoms with Gasteiger partial charge in [-0.05, 0) is 43.0 Å². The van der Waals surface area contributed by atoms with Gasteiger partial charge < -0.3 is 5.32 Å². The molecule has 2 fully saturated rings. The molecule has 88 valence electrons. The molecule has 1 aromatic rings. The SMILES string of the molecule is FCC1C2CNCC12.Fc1ccccc1F. The summed E-state index contributed by atoms with van der Waals surface area (Å²) in [5.41, 5.74) is 0. The lowest BCUT2D eigenvalue weighted by molar-refractivity contribution is 0.413. The Morgan fingerprint density at radius 3 is 1.88 bits per heavy atom. The van der Waals surface area contributed by atoms with Gasteiger partial charge in [0, 0.05) is 0 Å². The molecule has 1 aliphatic heterocycles. The number of hydrogen-bond donors (Lipinski definition) is 1. The van der Waals surface area contributed by atoms with Gasteiger partial charge in [-0.15, -0.1) is 0 Å². The lowest BCUT2D eigenvalue weighted by atomic mass is 10.3. The summed E-state index contributed by atoms with van der Waals surface area (Å²) in [4.78, 5) is 0. The van der Waals surface area contributed by atoms with Crippen molar-refractivity contribution in [2.45, 2.75) is 0 Å². The first-order chi connectivity index (χ1) is 7.74. The molecule has 0 amide bonds. The van der Waals surface area contributed by atoms with Gasteiger partial charge in [0.15, 0.2) is 11.6 Å². The molecule has 0 aromatic heterocycles. The maximum atomic E-state index is 11.9. The second kappa shape index (κ2) is 4.87. The van der Waals surface area contributed by atoms with Gasteiger partial charge in [0.05, 0.1) is 6.67 Å². The van der Waals surface area contributed by atoms with E-state index in [0.29, 0.717) is 17.8 Å². The van der Waals surface area contributed by atoms with Crippen LogP contribution in [0.1, 0.15) is 0 Å². The number of hydrogen-bond acceptors (Lipinski definition) is 1. The summed E-state index contributed by atoms with van der Waals surface area (Å²) in [5, 5.41) is 3.22. The summed E-state index contributed by atoms with van der Waals surface area (Å²) in [7, 11) is 0. The van der Waals surface area contributed by atoms with Crippen LogP contribution in [0.3, 0.4) is 0 Å². The molecule has 3 rings (SSSR count). The number of alkyl halides is 1. The molecule has 1 heterocycles. The first-order valence-electron chi connectivity index (χ1n) is 5.40. The van der Waals surface area contributed by atoms with Gasteiger partial charge >= 0.3 is 0 Å². The van der Waals surface area contributed by atoms with E-state index in [4.69, 9.17) is 0 Å². The van der Waals surface area contributed by atoms with E-state index in [1.807, 2.05) is 0 Å². The molecule has 1 N–H and O–H groups in total. The van der Waals surface area contributed by atoms with Crippen LogP contribution in [0.4, 0.5) is 13.2 Å². The Balaban J connectivity index is 0.000000120. The number of rotatable bonds is 1. The van der Waals surface area contributed by atoms with Gasteiger partial charge in [0.2, 0.25) is 0 Å². The number of benzene rings is 1. The van der Waals surface area contributed by atoms with E-state index < -0.39 is 11.6 Å². The van der Waals surface area contributed by atoms with Crippen LogP contribution in [0.2, 0.25) is 0 Å². The fourth-order valence-corrected chi connectivity index (χ4v) is 2.21. The van der Waals surface area contributed by atoms with E-state index in [1.54, 1.807) is 0 Å². The van der Waals surface area contributed by atoms with E-state index in [-0.39, 0.29) is 6.67 Å². The van der Waals surface area contributed by atoms with E-state index in [0.717, 1.165) is 25.2 Å². The van der Waals surface area contributed by atoms with Gasteiger partial charge in [0.1, 0.15) is 0 Å². The van der Waals surface area contributed by atoms with E-state index in [9.17, 15) is 13.2 Å². The quantitative estimate of drug-likeness (QED) is 0.779. The van der Waals surface area contributed by atoms with E-state index in [1.165, 1.54) is 12.1 Å². The Hall–Kier alpha value is -1.03. The van der Waals surface area contributed by atoms with Crippen molar-refractivity contribution in [2.24, 2.45) is 17.8 Å². The topological polar surface area (TPSA) is 12.0 Å². The lowest BCUT2D eigenvalue weighted by Crippen LogP contribution is -2.15. The predicted molar refractivity (Wildman–Crippen MR) is 55.7 cm³/mol. The molecule has 0 spiro atoms. The molecule has 16 heavy (non-hydrogen) atoms. The fourth-order valence-electron chi connectivity index (χ4n) is 2.21. The van der Waals surface area contributed by atoms with Crippen molar-refractivity contribution in [2.75, 3.05) is 19.8 Å². The van der Waals surface area contributed by atoms with Crippen molar-refractivity contribution in [3.8, 4) is 0 Å². The fraction of sp³-hybridized carbons (Fsp3) is 0.500. The summed E-state index contributed by atoms with van der Waals surface area (Å²) in [5.74, 6) is 0.260. The summed E-state index contributed by atoms with van der Waals surface area (Å²) in [6, 6.07) is 5.04. The van der Waals surface area contributed by atoms with Gasteiger partial charge in [-0.25, -0.2) is 8.78 Å². The summed E-state index contributed by atoms with van der Waals surface area (Å²) in [6.45, 7) is 2.05. The van der Waals surface area contributed by atoms with Crippen molar-refractivity contribution in [1.29, 1.82) is 0 Å². The minimum absolute atomic E-state index is 0.0863. The molecule has 1 aromatic carbocycles. The average Bonchev–Trinajstić information content (AvgIpc) is 2.74. The zero-order chi connectivity index (χ0) is 11.5. The molecule has 2 unspecified atom stereocenters. The Kier molecular flexibility index (Phi) is 3.49. The second-order valence-electron chi connectivity index (χ2n) is 4.22. The molecule has 1 aliphatic carbocycles. The monoisotopic (exact) mass is 229 g/mol. The summed E-state index contributed by atoms with van der Waals surface area (Å²) >= 11 is 0. The average molecular weight is 229 g/mol. The molecule has 1 nitrogen and oxygen atoms in total. The second-order valence-corrected chi connectivity index (χ2v) is 4.22. The van der Waals surface area contributed by atoms with E-state index >= 15 is 0 Å². The normalized spacial score (nSPS) is 30.3. The van der Waals surface area contributed by atoms with Crippen molar-refractivity contribution in [3.05, 3.63) is 35.9 Å². The highest BCUT2D eigenvalue weighted by Gasteiger charge is 2.52. The highest BCUT2D eigenvalue weighted by atomic mass is 19.2. The smallest absolute Gasteiger partial charge is 0.158 e. The Morgan fingerprint density at radius 2 is 1.56 bits per heavy atom. The molecule has 0 bridgehead atoms. The molecule has 2 atom stereocenters. The number of piperidine rings is 1. The Morgan fingerprint density at radius 1 is 1.06 bits per heavy atom. The van der Waals surface area contributed by atoms with Crippen molar-refractivity contribution >= 4 is 0 Å². The molecule has 0 radical (unpaired) electrons. The Bertz CT molecular complexity index is 318. The standard InChI is InChI=1S/C6H4F2.C6H10FN/c7-5-3-1-2-4-6(5)8;7-1-4-5-2-8-3-6(4)5/h1-4H;4-6,8H,1-3H2. The number of halogens is 3. The highest BCUT2D eigenvalue weighted by molar-refractivity contribution is 5.05. The molecule has 1 saturated heterocycles. The van der Waals surface area contributed by atoms with Crippen LogP contribution in [0, 0.1) is 29.4 Å².